The lowest BCUT2D eigenvalue weighted by molar-refractivity contribution is 0.0943. The molecule has 1 amide bonds. The molecule has 0 aromatic heterocycles. The molecular formula is C17H25NO3. The number of hydrogen-bond donors (Lipinski definition) is 2. The Morgan fingerprint density at radius 2 is 2.00 bits per heavy atom. The number of aliphatic hydroxyl groups excluding tert-OH is 1. The van der Waals surface area contributed by atoms with Gasteiger partial charge in [0.25, 0.3) is 5.91 Å². The lowest BCUT2D eigenvalue weighted by Gasteiger charge is -2.23. The summed E-state index contributed by atoms with van der Waals surface area (Å²) in [7, 11) is 0. The fourth-order valence-electron chi connectivity index (χ4n) is 2.93. The summed E-state index contributed by atoms with van der Waals surface area (Å²) in [6.07, 6.45) is 3.57. The second kappa shape index (κ2) is 7.46. The van der Waals surface area contributed by atoms with Gasteiger partial charge in [-0.15, -0.1) is 0 Å². The molecule has 1 unspecified atom stereocenters. The van der Waals surface area contributed by atoms with Crippen LogP contribution in [-0.2, 0) is 0 Å². The highest BCUT2D eigenvalue weighted by molar-refractivity contribution is 5.97. The quantitative estimate of drug-likeness (QED) is 0.847. The van der Waals surface area contributed by atoms with E-state index in [1.165, 1.54) is 0 Å². The molecule has 1 aliphatic rings. The van der Waals surface area contributed by atoms with Crippen LogP contribution >= 0.6 is 0 Å². The first-order chi connectivity index (χ1) is 10.2. The molecule has 0 aliphatic carbocycles. The van der Waals surface area contributed by atoms with Crippen LogP contribution in [0.3, 0.4) is 0 Å². The third-order valence-electron chi connectivity index (χ3n) is 4.00. The smallest absolute Gasteiger partial charge is 0.255 e. The van der Waals surface area contributed by atoms with Crippen LogP contribution in [0.2, 0.25) is 0 Å². The van der Waals surface area contributed by atoms with Gasteiger partial charge in [0.1, 0.15) is 12.4 Å². The summed E-state index contributed by atoms with van der Waals surface area (Å²) >= 11 is 0. The van der Waals surface area contributed by atoms with Gasteiger partial charge in [0.2, 0.25) is 0 Å². The molecule has 0 spiro atoms. The van der Waals surface area contributed by atoms with E-state index in [9.17, 15) is 9.90 Å². The zero-order valence-corrected chi connectivity index (χ0v) is 12.9. The van der Waals surface area contributed by atoms with Crippen LogP contribution in [0.4, 0.5) is 0 Å². The molecule has 1 aromatic rings. The van der Waals surface area contributed by atoms with Gasteiger partial charge in [-0.25, -0.2) is 0 Å². The zero-order valence-electron chi connectivity index (χ0n) is 12.9. The molecule has 0 bridgehead atoms. The lowest BCUT2D eigenvalue weighted by Crippen LogP contribution is -2.24. The topological polar surface area (TPSA) is 58.6 Å². The summed E-state index contributed by atoms with van der Waals surface area (Å²) in [6, 6.07) is 5.45. The summed E-state index contributed by atoms with van der Waals surface area (Å²) in [5, 5.41) is 13.4. The number of aliphatic hydroxyl groups is 1. The van der Waals surface area contributed by atoms with Gasteiger partial charge >= 0.3 is 0 Å². The van der Waals surface area contributed by atoms with Gasteiger partial charge in [-0.2, -0.15) is 0 Å². The van der Waals surface area contributed by atoms with Gasteiger partial charge in [0.15, 0.2) is 0 Å². The maximum atomic E-state index is 12.0. The maximum Gasteiger partial charge on any atom is 0.255 e. The number of benzene rings is 1. The third kappa shape index (κ3) is 3.76. The molecule has 1 aliphatic heterocycles. The Morgan fingerprint density at radius 1 is 1.29 bits per heavy atom. The Morgan fingerprint density at radius 3 is 2.67 bits per heavy atom. The van der Waals surface area contributed by atoms with Crippen molar-refractivity contribution in [2.75, 3.05) is 13.2 Å². The fourth-order valence-corrected chi connectivity index (χ4v) is 2.93. The van der Waals surface area contributed by atoms with E-state index in [4.69, 9.17) is 4.74 Å². The number of carbonyl (C=O) groups excluding carboxylic acids is 1. The molecule has 2 N–H and O–H groups in total. The number of amides is 1. The van der Waals surface area contributed by atoms with E-state index < -0.39 is 6.10 Å². The minimum Gasteiger partial charge on any atom is -0.491 e. The van der Waals surface area contributed by atoms with Gasteiger partial charge in [0.05, 0.1) is 18.2 Å². The van der Waals surface area contributed by atoms with Crippen LogP contribution < -0.4 is 10.1 Å². The number of hydrogen-bond acceptors (Lipinski definition) is 3. The van der Waals surface area contributed by atoms with Crippen molar-refractivity contribution in [2.45, 2.75) is 45.6 Å². The summed E-state index contributed by atoms with van der Waals surface area (Å²) in [6.45, 7) is 5.26. The minimum absolute atomic E-state index is 0.126. The molecule has 4 heteroatoms. The van der Waals surface area contributed by atoms with Crippen molar-refractivity contribution in [3.63, 3.8) is 0 Å². The van der Waals surface area contributed by atoms with E-state index in [0.29, 0.717) is 24.5 Å². The van der Waals surface area contributed by atoms with E-state index in [0.717, 1.165) is 31.2 Å². The van der Waals surface area contributed by atoms with Gasteiger partial charge in [-0.3, -0.25) is 4.79 Å². The van der Waals surface area contributed by atoms with Crippen molar-refractivity contribution >= 4 is 5.91 Å². The molecule has 0 fully saturated rings. The van der Waals surface area contributed by atoms with E-state index in [-0.39, 0.29) is 11.8 Å². The SMILES string of the molecule is CCCC(CCC)C(O)c1ccc2c(c1)C(=O)NCCO2. The molecule has 1 atom stereocenters. The Labute approximate surface area is 126 Å². The van der Waals surface area contributed by atoms with Crippen LogP contribution in [0.5, 0.6) is 5.75 Å². The fraction of sp³-hybridized carbons (Fsp3) is 0.588. The van der Waals surface area contributed by atoms with Crippen LogP contribution in [-0.4, -0.2) is 24.2 Å². The standard InChI is InChI=1S/C17H25NO3/c1-3-5-12(6-4-2)16(19)13-7-8-15-14(11-13)17(20)18-9-10-21-15/h7-8,11-12,16,19H,3-6,9-10H2,1-2H3,(H,18,20). The largest absolute Gasteiger partial charge is 0.491 e. The average Bonchev–Trinajstić information content (AvgIpc) is 2.68. The second-order valence-corrected chi connectivity index (χ2v) is 5.64. The summed E-state index contributed by atoms with van der Waals surface area (Å²) in [5.41, 5.74) is 1.33. The summed E-state index contributed by atoms with van der Waals surface area (Å²) < 4.78 is 5.54. The number of nitrogens with one attached hydrogen (secondary N) is 1. The van der Waals surface area contributed by atoms with Crippen LogP contribution in [0, 0.1) is 5.92 Å². The molecule has 4 nitrogen and oxygen atoms in total. The number of carbonyl (C=O) groups is 1. The predicted octanol–water partition coefficient (Wildman–Crippen LogP) is 3.06. The Bertz CT molecular complexity index is 481. The second-order valence-electron chi connectivity index (χ2n) is 5.64. The Hall–Kier alpha value is -1.55. The first kappa shape index (κ1) is 15.8. The monoisotopic (exact) mass is 291 g/mol. The van der Waals surface area contributed by atoms with Crippen LogP contribution in [0.1, 0.15) is 61.6 Å². The van der Waals surface area contributed by atoms with Crippen molar-refractivity contribution in [1.29, 1.82) is 0 Å². The number of rotatable bonds is 6. The van der Waals surface area contributed by atoms with E-state index >= 15 is 0 Å². The molecular weight excluding hydrogens is 266 g/mol. The molecule has 0 radical (unpaired) electrons. The van der Waals surface area contributed by atoms with Crippen LogP contribution in [0.15, 0.2) is 18.2 Å². The van der Waals surface area contributed by atoms with E-state index in [1.54, 1.807) is 12.1 Å². The highest BCUT2D eigenvalue weighted by Crippen LogP contribution is 2.32. The molecule has 116 valence electrons. The van der Waals surface area contributed by atoms with Gasteiger partial charge in [0, 0.05) is 0 Å². The first-order valence-corrected chi connectivity index (χ1v) is 7.90. The summed E-state index contributed by atoms with van der Waals surface area (Å²) in [4.78, 5) is 12.0. The molecule has 1 heterocycles. The van der Waals surface area contributed by atoms with Gasteiger partial charge in [-0.05, 0) is 36.5 Å². The molecule has 0 saturated carbocycles. The van der Waals surface area contributed by atoms with Gasteiger partial charge in [-0.1, -0.05) is 32.8 Å². The molecule has 0 saturated heterocycles. The van der Waals surface area contributed by atoms with E-state index in [1.807, 2.05) is 6.07 Å². The normalized spacial score (nSPS) is 15.9. The molecule has 1 aromatic carbocycles. The highest BCUT2D eigenvalue weighted by Gasteiger charge is 2.23. The number of fused-ring (bicyclic) bond motifs is 1. The van der Waals surface area contributed by atoms with Gasteiger partial charge < -0.3 is 15.2 Å². The Balaban J connectivity index is 2.25. The Kier molecular flexibility index (Phi) is 5.62. The van der Waals surface area contributed by atoms with Crippen molar-refractivity contribution in [2.24, 2.45) is 5.92 Å². The zero-order chi connectivity index (χ0) is 15.2. The third-order valence-corrected chi connectivity index (χ3v) is 4.00. The number of ether oxygens (including phenoxy) is 1. The average molecular weight is 291 g/mol. The molecule has 21 heavy (non-hydrogen) atoms. The maximum absolute atomic E-state index is 12.0. The highest BCUT2D eigenvalue weighted by atomic mass is 16.5. The van der Waals surface area contributed by atoms with Crippen molar-refractivity contribution in [3.8, 4) is 5.75 Å². The minimum atomic E-state index is -0.522. The predicted molar refractivity (Wildman–Crippen MR) is 82.5 cm³/mol. The van der Waals surface area contributed by atoms with E-state index in [2.05, 4.69) is 19.2 Å². The van der Waals surface area contributed by atoms with Crippen molar-refractivity contribution in [1.82, 2.24) is 5.32 Å². The molecule has 2 rings (SSSR count). The van der Waals surface area contributed by atoms with Crippen molar-refractivity contribution < 1.29 is 14.6 Å². The first-order valence-electron chi connectivity index (χ1n) is 7.90. The summed E-state index contributed by atoms with van der Waals surface area (Å²) in [5.74, 6) is 0.718. The lowest BCUT2D eigenvalue weighted by atomic mass is 9.87. The van der Waals surface area contributed by atoms with Crippen molar-refractivity contribution in [3.05, 3.63) is 29.3 Å². The van der Waals surface area contributed by atoms with Crippen LogP contribution in [0.25, 0.3) is 0 Å².